The van der Waals surface area contributed by atoms with Crippen molar-refractivity contribution in [3.05, 3.63) is 12.1 Å². The van der Waals surface area contributed by atoms with Crippen molar-refractivity contribution >= 4 is 5.69 Å². The summed E-state index contributed by atoms with van der Waals surface area (Å²) in [6.07, 6.45) is 0.0347. The van der Waals surface area contributed by atoms with Crippen molar-refractivity contribution in [3.63, 3.8) is 0 Å². The van der Waals surface area contributed by atoms with Crippen molar-refractivity contribution in [2.24, 2.45) is 0 Å². The topological polar surface area (TPSA) is 60.6 Å². The minimum Gasteiger partial charge on any atom is -0.476 e. The third kappa shape index (κ3) is 5.79. The summed E-state index contributed by atoms with van der Waals surface area (Å²) in [5, 5.41) is 0. The van der Waals surface area contributed by atoms with Crippen LogP contribution in [0.25, 0.3) is 0 Å². The van der Waals surface area contributed by atoms with Crippen LogP contribution in [0.4, 0.5) is 5.69 Å². The van der Waals surface area contributed by atoms with E-state index in [2.05, 4.69) is 37.6 Å². The summed E-state index contributed by atoms with van der Waals surface area (Å²) < 4.78 is 11.3. The number of ether oxygens (including phenoxy) is 2. The molecule has 0 bridgehead atoms. The molecule has 2 N–H and O–H groups in total. The number of nitrogen functional groups attached to an aromatic ring is 1. The van der Waals surface area contributed by atoms with Gasteiger partial charge in [-0.2, -0.15) is 4.98 Å². The second kappa shape index (κ2) is 8.08. The second-order valence-electron chi connectivity index (χ2n) is 5.98. The first kappa shape index (κ1) is 17.6. The number of pyridine rings is 1. The Morgan fingerprint density at radius 3 is 2.24 bits per heavy atom. The van der Waals surface area contributed by atoms with E-state index in [1.807, 2.05) is 13.8 Å². The summed E-state index contributed by atoms with van der Waals surface area (Å²) in [6.45, 7) is 14.1. The third-order valence-electron chi connectivity index (χ3n) is 3.14. The highest BCUT2D eigenvalue weighted by molar-refractivity contribution is 5.49. The lowest BCUT2D eigenvalue weighted by atomic mass is 10.2. The van der Waals surface area contributed by atoms with Gasteiger partial charge in [-0.05, 0) is 47.6 Å². The molecule has 0 aliphatic heterocycles. The molecule has 21 heavy (non-hydrogen) atoms. The maximum absolute atomic E-state index is 5.84. The fraction of sp³-hybridized carbons (Fsp3) is 0.688. The molecule has 0 atom stereocenters. The fourth-order valence-electron chi connectivity index (χ4n) is 2.20. The summed E-state index contributed by atoms with van der Waals surface area (Å²) in [4.78, 5) is 6.69. The van der Waals surface area contributed by atoms with Gasteiger partial charge in [-0.3, -0.25) is 4.90 Å². The lowest BCUT2D eigenvalue weighted by molar-refractivity contribution is 0.139. The zero-order valence-corrected chi connectivity index (χ0v) is 14.1. The van der Waals surface area contributed by atoms with Crippen molar-refractivity contribution in [1.82, 2.24) is 9.88 Å². The summed E-state index contributed by atoms with van der Waals surface area (Å²) >= 11 is 0. The molecule has 1 aromatic heterocycles. The van der Waals surface area contributed by atoms with Crippen LogP contribution in [0.15, 0.2) is 12.1 Å². The average molecular weight is 295 g/mol. The number of aromatic nitrogens is 1. The van der Waals surface area contributed by atoms with E-state index in [1.165, 1.54) is 0 Å². The van der Waals surface area contributed by atoms with Crippen LogP contribution in [0.2, 0.25) is 0 Å². The predicted octanol–water partition coefficient (Wildman–Crippen LogP) is 2.95. The minimum atomic E-state index is 0.0347. The Bertz CT molecular complexity index is 426. The van der Waals surface area contributed by atoms with Crippen molar-refractivity contribution in [1.29, 1.82) is 0 Å². The van der Waals surface area contributed by atoms with Gasteiger partial charge in [-0.25, -0.2) is 0 Å². The number of rotatable bonds is 8. The van der Waals surface area contributed by atoms with Gasteiger partial charge in [-0.1, -0.05) is 0 Å². The molecule has 1 heterocycles. The highest BCUT2D eigenvalue weighted by Crippen LogP contribution is 2.23. The molecule has 5 heteroatoms. The maximum atomic E-state index is 5.84. The molecule has 0 spiro atoms. The summed E-state index contributed by atoms with van der Waals surface area (Å²) in [5.74, 6) is 0.986. The quantitative estimate of drug-likeness (QED) is 0.799. The van der Waals surface area contributed by atoms with Crippen molar-refractivity contribution in [3.8, 4) is 11.8 Å². The first-order valence-electron chi connectivity index (χ1n) is 7.63. The van der Waals surface area contributed by atoms with E-state index < -0.39 is 0 Å². The lowest BCUT2D eigenvalue weighted by Gasteiger charge is -2.30. The Hall–Kier alpha value is -1.49. The van der Waals surface area contributed by atoms with E-state index in [0.29, 0.717) is 36.1 Å². The number of nitrogens with two attached hydrogens (primary N) is 1. The molecule has 5 nitrogen and oxygen atoms in total. The zero-order valence-electron chi connectivity index (χ0n) is 14.1. The van der Waals surface area contributed by atoms with Gasteiger partial charge in [-0.15, -0.1) is 0 Å². The molecule has 0 aliphatic rings. The molecule has 1 rings (SSSR count). The molecule has 0 unspecified atom stereocenters. The summed E-state index contributed by atoms with van der Waals surface area (Å²) in [7, 11) is 0. The van der Waals surface area contributed by atoms with E-state index in [4.69, 9.17) is 15.2 Å². The smallest absolute Gasteiger partial charge is 0.240 e. The van der Waals surface area contributed by atoms with Gasteiger partial charge < -0.3 is 15.2 Å². The van der Waals surface area contributed by atoms with Crippen LogP contribution in [0.3, 0.4) is 0 Å². The molecule has 0 saturated heterocycles. The Labute approximate surface area is 128 Å². The molecule has 0 radical (unpaired) electrons. The lowest BCUT2D eigenvalue weighted by Crippen LogP contribution is -2.39. The minimum absolute atomic E-state index is 0.0347. The van der Waals surface area contributed by atoms with E-state index in [0.717, 1.165) is 6.54 Å². The van der Waals surface area contributed by atoms with Gasteiger partial charge in [0.1, 0.15) is 6.61 Å². The zero-order chi connectivity index (χ0) is 16.0. The molecular formula is C16H29N3O2. The third-order valence-corrected chi connectivity index (χ3v) is 3.14. The largest absolute Gasteiger partial charge is 0.476 e. The number of hydrogen-bond acceptors (Lipinski definition) is 5. The highest BCUT2D eigenvalue weighted by atomic mass is 16.5. The predicted molar refractivity (Wildman–Crippen MR) is 86.9 cm³/mol. The monoisotopic (exact) mass is 295 g/mol. The van der Waals surface area contributed by atoms with Crippen molar-refractivity contribution in [2.45, 2.75) is 59.7 Å². The van der Waals surface area contributed by atoms with Crippen LogP contribution < -0.4 is 15.2 Å². The molecule has 0 aromatic carbocycles. The van der Waals surface area contributed by atoms with Gasteiger partial charge in [0.05, 0.1) is 11.8 Å². The SMILES string of the molecule is CC(C)Oc1nc(OCCN(C(C)C)C(C)C)ccc1N. The first-order valence-corrected chi connectivity index (χ1v) is 7.63. The van der Waals surface area contributed by atoms with Crippen LogP contribution in [0.5, 0.6) is 11.8 Å². The summed E-state index contributed by atoms with van der Waals surface area (Å²) in [5.41, 5.74) is 6.37. The fourth-order valence-corrected chi connectivity index (χ4v) is 2.20. The molecule has 0 fully saturated rings. The molecular weight excluding hydrogens is 266 g/mol. The van der Waals surface area contributed by atoms with E-state index >= 15 is 0 Å². The Kier molecular flexibility index (Phi) is 6.75. The van der Waals surface area contributed by atoms with Gasteiger partial charge >= 0.3 is 0 Å². The van der Waals surface area contributed by atoms with Crippen LogP contribution in [0, 0.1) is 0 Å². The van der Waals surface area contributed by atoms with Crippen LogP contribution in [0.1, 0.15) is 41.5 Å². The maximum Gasteiger partial charge on any atom is 0.240 e. The van der Waals surface area contributed by atoms with Crippen LogP contribution in [-0.2, 0) is 0 Å². The van der Waals surface area contributed by atoms with E-state index in [1.54, 1.807) is 12.1 Å². The molecule has 1 aromatic rings. The summed E-state index contributed by atoms with van der Waals surface area (Å²) in [6, 6.07) is 4.53. The average Bonchev–Trinajstić information content (AvgIpc) is 2.36. The molecule has 0 aliphatic carbocycles. The Morgan fingerprint density at radius 1 is 1.10 bits per heavy atom. The van der Waals surface area contributed by atoms with Crippen LogP contribution >= 0.6 is 0 Å². The highest BCUT2D eigenvalue weighted by Gasteiger charge is 2.13. The first-order chi connectivity index (χ1) is 9.81. The van der Waals surface area contributed by atoms with E-state index in [9.17, 15) is 0 Å². The molecule has 120 valence electrons. The Morgan fingerprint density at radius 2 is 1.71 bits per heavy atom. The molecule has 0 saturated carbocycles. The normalized spacial score (nSPS) is 11.7. The number of hydrogen-bond donors (Lipinski definition) is 1. The van der Waals surface area contributed by atoms with Gasteiger partial charge in [0.25, 0.3) is 0 Å². The van der Waals surface area contributed by atoms with Gasteiger partial charge in [0.15, 0.2) is 0 Å². The standard InChI is InChI=1S/C16H29N3O2/c1-11(2)19(12(3)4)9-10-20-15-8-7-14(17)16(18-15)21-13(5)6/h7-8,11-13H,9-10,17H2,1-6H3. The second-order valence-corrected chi connectivity index (χ2v) is 5.98. The van der Waals surface area contributed by atoms with Crippen molar-refractivity contribution < 1.29 is 9.47 Å². The van der Waals surface area contributed by atoms with E-state index in [-0.39, 0.29) is 6.10 Å². The van der Waals surface area contributed by atoms with Gasteiger partial charge in [0, 0.05) is 24.7 Å². The van der Waals surface area contributed by atoms with Crippen LogP contribution in [-0.4, -0.2) is 41.2 Å². The number of anilines is 1. The number of nitrogens with zero attached hydrogens (tertiary/aromatic N) is 2. The molecule has 0 amide bonds. The van der Waals surface area contributed by atoms with Gasteiger partial charge in [0.2, 0.25) is 11.8 Å². The van der Waals surface area contributed by atoms with Crippen molar-refractivity contribution in [2.75, 3.05) is 18.9 Å². The Balaban J connectivity index is 2.59.